The zero-order valence-corrected chi connectivity index (χ0v) is 11.4. The molecule has 2 N–H and O–H groups in total. The second-order valence-electron chi connectivity index (χ2n) is 5.29. The first-order chi connectivity index (χ1) is 10.1. The highest BCUT2D eigenvalue weighted by Gasteiger charge is 2.51. The van der Waals surface area contributed by atoms with E-state index in [0.29, 0.717) is 5.88 Å². The second-order valence-corrected chi connectivity index (χ2v) is 5.29. The number of carboxylic acids is 1. The van der Waals surface area contributed by atoms with E-state index in [9.17, 15) is 14.7 Å². The van der Waals surface area contributed by atoms with Gasteiger partial charge in [0.1, 0.15) is 0 Å². The summed E-state index contributed by atoms with van der Waals surface area (Å²) < 4.78 is 4.89. The number of nitrogens with zero attached hydrogens (tertiary/aromatic N) is 2. The van der Waals surface area contributed by atoms with Crippen LogP contribution in [0.1, 0.15) is 6.42 Å². The first-order valence-electron chi connectivity index (χ1n) is 6.70. The third-order valence-electron chi connectivity index (χ3n) is 4.15. The van der Waals surface area contributed by atoms with Gasteiger partial charge < -0.3 is 15.2 Å². The molecule has 0 aliphatic heterocycles. The molecule has 4 atom stereocenters. The van der Waals surface area contributed by atoms with Gasteiger partial charge in [-0.25, -0.2) is 0 Å². The quantitative estimate of drug-likeness (QED) is 0.800. The number of methoxy groups -OCH3 is 1. The van der Waals surface area contributed by atoms with Crippen molar-refractivity contribution >= 4 is 17.7 Å². The molecule has 7 nitrogen and oxygen atoms in total. The molecule has 7 heteroatoms. The number of carboxylic acid groups (broad SMARTS) is 1. The molecule has 1 heterocycles. The topological polar surface area (TPSA) is 101 Å². The fraction of sp³-hybridized carbons (Fsp3) is 0.429. The molecule has 0 saturated heterocycles. The van der Waals surface area contributed by atoms with E-state index < -0.39 is 17.8 Å². The zero-order chi connectivity index (χ0) is 15.0. The van der Waals surface area contributed by atoms with Crippen molar-refractivity contribution in [2.24, 2.45) is 23.7 Å². The minimum atomic E-state index is -0.923. The summed E-state index contributed by atoms with van der Waals surface area (Å²) in [7, 11) is 1.47. The third-order valence-corrected chi connectivity index (χ3v) is 4.15. The van der Waals surface area contributed by atoms with Crippen molar-refractivity contribution in [2.75, 3.05) is 12.4 Å². The van der Waals surface area contributed by atoms with Crippen molar-refractivity contribution in [1.29, 1.82) is 0 Å². The highest BCUT2D eigenvalue weighted by atomic mass is 16.5. The molecule has 3 rings (SSSR count). The Morgan fingerprint density at radius 1 is 1.24 bits per heavy atom. The van der Waals surface area contributed by atoms with E-state index in [1.807, 2.05) is 12.2 Å². The summed E-state index contributed by atoms with van der Waals surface area (Å²) in [4.78, 5) is 23.8. The Hall–Kier alpha value is -2.44. The van der Waals surface area contributed by atoms with E-state index in [-0.39, 0.29) is 23.6 Å². The number of anilines is 1. The molecule has 2 bridgehead atoms. The van der Waals surface area contributed by atoms with Crippen molar-refractivity contribution in [3.05, 3.63) is 24.3 Å². The Morgan fingerprint density at radius 3 is 2.52 bits per heavy atom. The molecule has 110 valence electrons. The van der Waals surface area contributed by atoms with Crippen LogP contribution in [0.2, 0.25) is 0 Å². The number of amides is 1. The third kappa shape index (κ3) is 2.35. The molecule has 2 aliphatic rings. The van der Waals surface area contributed by atoms with Crippen LogP contribution < -0.4 is 10.1 Å². The molecule has 1 aromatic heterocycles. The predicted octanol–water partition coefficient (Wildman–Crippen LogP) is 0.947. The van der Waals surface area contributed by atoms with Gasteiger partial charge in [0.15, 0.2) is 5.82 Å². The molecule has 1 amide bonds. The lowest BCUT2D eigenvalue weighted by atomic mass is 9.82. The molecule has 1 fully saturated rings. The van der Waals surface area contributed by atoms with Crippen molar-refractivity contribution in [1.82, 2.24) is 10.2 Å². The van der Waals surface area contributed by atoms with E-state index in [1.54, 1.807) is 12.1 Å². The molecule has 1 saturated carbocycles. The van der Waals surface area contributed by atoms with Crippen LogP contribution in [0.3, 0.4) is 0 Å². The SMILES string of the molecule is COc1ccc(NC(=O)[C@H]2[C@H](C(=O)O)[C@H]3C=C[C@H]2C3)nn1. The van der Waals surface area contributed by atoms with Crippen LogP contribution >= 0.6 is 0 Å². The van der Waals surface area contributed by atoms with Crippen molar-refractivity contribution in [3.63, 3.8) is 0 Å². The number of hydrogen-bond acceptors (Lipinski definition) is 5. The number of nitrogens with one attached hydrogen (secondary N) is 1. The molecular weight excluding hydrogens is 274 g/mol. The first kappa shape index (κ1) is 13.5. The second kappa shape index (κ2) is 5.16. The number of aromatic nitrogens is 2. The summed E-state index contributed by atoms with van der Waals surface area (Å²) in [6.07, 6.45) is 4.57. The molecule has 0 unspecified atom stereocenters. The summed E-state index contributed by atoms with van der Waals surface area (Å²) >= 11 is 0. The number of carbonyl (C=O) groups is 2. The van der Waals surface area contributed by atoms with Gasteiger partial charge in [0, 0.05) is 6.07 Å². The Labute approximate surface area is 121 Å². The Kier molecular flexibility index (Phi) is 3.32. The van der Waals surface area contributed by atoms with Crippen LogP contribution in [-0.2, 0) is 9.59 Å². The average molecular weight is 289 g/mol. The highest BCUT2D eigenvalue weighted by Crippen LogP contribution is 2.48. The number of hydrogen-bond donors (Lipinski definition) is 2. The van der Waals surface area contributed by atoms with E-state index in [0.717, 1.165) is 6.42 Å². The summed E-state index contributed by atoms with van der Waals surface area (Å²) in [5.74, 6) is -1.89. The van der Waals surface area contributed by atoms with Gasteiger partial charge in [-0.1, -0.05) is 12.2 Å². The summed E-state index contributed by atoms with van der Waals surface area (Å²) in [5.41, 5.74) is 0. The van der Waals surface area contributed by atoms with Crippen LogP contribution in [-0.4, -0.2) is 34.3 Å². The van der Waals surface area contributed by atoms with Gasteiger partial charge in [-0.05, 0) is 24.3 Å². The average Bonchev–Trinajstić information content (AvgIpc) is 3.08. The van der Waals surface area contributed by atoms with E-state index in [1.165, 1.54) is 7.11 Å². The van der Waals surface area contributed by atoms with Gasteiger partial charge in [-0.15, -0.1) is 10.2 Å². The van der Waals surface area contributed by atoms with Crippen molar-refractivity contribution < 1.29 is 19.4 Å². The van der Waals surface area contributed by atoms with Gasteiger partial charge in [-0.3, -0.25) is 9.59 Å². The molecule has 0 radical (unpaired) electrons. The Bertz CT molecular complexity index is 599. The first-order valence-corrected chi connectivity index (χ1v) is 6.70. The van der Waals surface area contributed by atoms with Gasteiger partial charge in [0.05, 0.1) is 18.9 Å². The van der Waals surface area contributed by atoms with Crippen LogP contribution in [0.15, 0.2) is 24.3 Å². The normalized spacial score (nSPS) is 29.4. The fourth-order valence-electron chi connectivity index (χ4n) is 3.22. The monoisotopic (exact) mass is 289 g/mol. The maximum absolute atomic E-state index is 12.4. The number of carbonyl (C=O) groups excluding carboxylic acids is 1. The number of ether oxygens (including phenoxy) is 1. The molecule has 0 spiro atoms. The summed E-state index contributed by atoms with van der Waals surface area (Å²) in [6, 6.07) is 3.15. The largest absolute Gasteiger partial charge is 0.481 e. The lowest BCUT2D eigenvalue weighted by molar-refractivity contribution is -0.146. The van der Waals surface area contributed by atoms with Crippen LogP contribution in [0, 0.1) is 23.7 Å². The highest BCUT2D eigenvalue weighted by molar-refractivity contribution is 5.95. The van der Waals surface area contributed by atoms with E-state index >= 15 is 0 Å². The minimum Gasteiger partial charge on any atom is -0.481 e. The summed E-state index contributed by atoms with van der Waals surface area (Å²) in [5, 5.41) is 19.6. The lowest BCUT2D eigenvalue weighted by Gasteiger charge is -2.23. The Morgan fingerprint density at radius 2 is 1.95 bits per heavy atom. The van der Waals surface area contributed by atoms with Gasteiger partial charge in [0.2, 0.25) is 11.8 Å². The number of fused-ring (bicyclic) bond motifs is 2. The van der Waals surface area contributed by atoms with Crippen LogP contribution in [0.5, 0.6) is 5.88 Å². The fourth-order valence-corrected chi connectivity index (χ4v) is 3.22. The molecule has 0 aromatic carbocycles. The number of rotatable bonds is 4. The number of aliphatic carboxylic acids is 1. The maximum atomic E-state index is 12.4. The van der Waals surface area contributed by atoms with E-state index in [2.05, 4.69) is 15.5 Å². The standard InChI is InChI=1S/C14H15N3O4/c1-21-10-5-4-9(16-17-10)15-13(18)11-7-2-3-8(6-7)12(11)14(19)20/h2-5,7-8,11-12H,6H2,1H3,(H,19,20)(H,15,16,18)/t7-,8-,11+,12+/m0/s1. The van der Waals surface area contributed by atoms with E-state index in [4.69, 9.17) is 4.74 Å². The van der Waals surface area contributed by atoms with Crippen LogP contribution in [0.25, 0.3) is 0 Å². The van der Waals surface area contributed by atoms with Gasteiger partial charge in [-0.2, -0.15) is 0 Å². The maximum Gasteiger partial charge on any atom is 0.307 e. The zero-order valence-electron chi connectivity index (χ0n) is 11.4. The minimum absolute atomic E-state index is 0.0118. The van der Waals surface area contributed by atoms with Gasteiger partial charge >= 0.3 is 5.97 Å². The molecular formula is C14H15N3O4. The van der Waals surface area contributed by atoms with Gasteiger partial charge in [0.25, 0.3) is 0 Å². The molecule has 1 aromatic rings. The molecule has 2 aliphatic carbocycles. The van der Waals surface area contributed by atoms with Crippen molar-refractivity contribution in [2.45, 2.75) is 6.42 Å². The van der Waals surface area contributed by atoms with Crippen LogP contribution in [0.4, 0.5) is 5.82 Å². The molecule has 21 heavy (non-hydrogen) atoms. The predicted molar refractivity (Wildman–Crippen MR) is 72.6 cm³/mol. The lowest BCUT2D eigenvalue weighted by Crippen LogP contribution is -2.36. The summed E-state index contributed by atoms with van der Waals surface area (Å²) in [6.45, 7) is 0. The van der Waals surface area contributed by atoms with Crippen molar-refractivity contribution in [3.8, 4) is 5.88 Å². The Balaban J connectivity index is 1.75. The smallest absolute Gasteiger partial charge is 0.307 e. The number of allylic oxidation sites excluding steroid dienone is 2.